The van der Waals surface area contributed by atoms with E-state index in [1.807, 2.05) is 0 Å². The molecule has 1 N–H and O–H groups in total. The van der Waals surface area contributed by atoms with Crippen LogP contribution >= 0.6 is 0 Å². The largest absolute Gasteiger partial charge is 0.321 e. The highest BCUT2D eigenvalue weighted by Gasteiger charge is 2.32. The highest BCUT2D eigenvalue weighted by Crippen LogP contribution is 2.32. The summed E-state index contributed by atoms with van der Waals surface area (Å²) in [5, 5.41) is 2.36. The highest BCUT2D eigenvalue weighted by molar-refractivity contribution is 6.30. The van der Waals surface area contributed by atoms with Gasteiger partial charge in [0.05, 0.1) is 11.3 Å². The van der Waals surface area contributed by atoms with Crippen LogP contribution in [-0.2, 0) is 0 Å². The standard InChI is InChI=1S/C21H11F2NO3/c22-14-8-4-9-15(23)18(14)21(27)24-16-10-3-7-13-17(16)20(26)12-6-2-1-5-11(12)19(13)25/h1-10H,(H,24,27). The van der Waals surface area contributed by atoms with Crippen molar-refractivity contribution in [1.29, 1.82) is 0 Å². The molecule has 1 aliphatic carbocycles. The Balaban J connectivity index is 1.80. The van der Waals surface area contributed by atoms with Gasteiger partial charge >= 0.3 is 0 Å². The van der Waals surface area contributed by atoms with Gasteiger partial charge in [0.25, 0.3) is 5.91 Å². The van der Waals surface area contributed by atoms with Crippen molar-refractivity contribution in [2.24, 2.45) is 0 Å². The number of fused-ring (bicyclic) bond motifs is 2. The molecular weight excluding hydrogens is 352 g/mol. The molecule has 0 aliphatic heterocycles. The molecule has 0 saturated heterocycles. The van der Waals surface area contributed by atoms with Gasteiger partial charge in [-0.05, 0) is 18.2 Å². The van der Waals surface area contributed by atoms with Crippen molar-refractivity contribution in [3.63, 3.8) is 0 Å². The Morgan fingerprint density at radius 1 is 0.704 bits per heavy atom. The van der Waals surface area contributed by atoms with Crippen LogP contribution in [0.3, 0.4) is 0 Å². The molecule has 0 atom stereocenters. The first-order valence-electron chi connectivity index (χ1n) is 8.06. The van der Waals surface area contributed by atoms with Crippen molar-refractivity contribution in [3.05, 3.63) is 100 Å². The summed E-state index contributed by atoms with van der Waals surface area (Å²) in [6.07, 6.45) is 0. The normalized spacial score (nSPS) is 12.4. The van der Waals surface area contributed by atoms with Gasteiger partial charge in [0, 0.05) is 16.7 Å². The fraction of sp³-hybridized carbons (Fsp3) is 0. The minimum Gasteiger partial charge on any atom is -0.321 e. The molecule has 3 aromatic carbocycles. The topological polar surface area (TPSA) is 63.2 Å². The second-order valence-electron chi connectivity index (χ2n) is 5.98. The molecule has 4 nitrogen and oxygen atoms in total. The predicted molar refractivity (Wildman–Crippen MR) is 94.1 cm³/mol. The van der Waals surface area contributed by atoms with E-state index >= 15 is 0 Å². The first-order chi connectivity index (χ1) is 13.0. The summed E-state index contributed by atoms with van der Waals surface area (Å²) in [5.41, 5.74) is -0.109. The fourth-order valence-electron chi connectivity index (χ4n) is 3.15. The van der Waals surface area contributed by atoms with Crippen molar-refractivity contribution < 1.29 is 23.2 Å². The maximum Gasteiger partial charge on any atom is 0.261 e. The number of halogens is 2. The van der Waals surface area contributed by atoms with Crippen LogP contribution < -0.4 is 5.32 Å². The Hall–Kier alpha value is -3.67. The van der Waals surface area contributed by atoms with Gasteiger partial charge in [-0.2, -0.15) is 0 Å². The van der Waals surface area contributed by atoms with Gasteiger partial charge in [0.15, 0.2) is 11.6 Å². The van der Waals surface area contributed by atoms with Crippen LogP contribution in [-0.4, -0.2) is 17.5 Å². The van der Waals surface area contributed by atoms with E-state index in [2.05, 4.69) is 5.32 Å². The van der Waals surface area contributed by atoms with E-state index in [1.54, 1.807) is 18.2 Å². The summed E-state index contributed by atoms with van der Waals surface area (Å²) in [6, 6.07) is 13.8. The SMILES string of the molecule is O=C1c2ccccc2C(=O)c2c(NC(=O)c3c(F)cccc3F)cccc21. The summed E-state index contributed by atoms with van der Waals surface area (Å²) in [5.74, 6) is -3.88. The Labute approximate surface area is 152 Å². The predicted octanol–water partition coefficient (Wildman–Crippen LogP) is 3.99. The summed E-state index contributed by atoms with van der Waals surface area (Å²) >= 11 is 0. The first-order valence-corrected chi connectivity index (χ1v) is 8.06. The minimum atomic E-state index is -1.04. The molecule has 0 unspecified atom stereocenters. The quantitative estimate of drug-likeness (QED) is 0.586. The maximum atomic E-state index is 13.9. The molecule has 0 aromatic heterocycles. The van der Waals surface area contributed by atoms with Crippen LogP contribution in [0.1, 0.15) is 42.2 Å². The van der Waals surface area contributed by atoms with Crippen molar-refractivity contribution in [1.82, 2.24) is 0 Å². The molecule has 6 heteroatoms. The van der Waals surface area contributed by atoms with Gasteiger partial charge in [0.1, 0.15) is 17.2 Å². The number of ketones is 2. The minimum absolute atomic E-state index is 0.00583. The lowest BCUT2D eigenvalue weighted by Gasteiger charge is -2.20. The molecule has 0 radical (unpaired) electrons. The monoisotopic (exact) mass is 363 g/mol. The average molecular weight is 363 g/mol. The molecule has 3 aromatic rings. The average Bonchev–Trinajstić information content (AvgIpc) is 2.66. The zero-order valence-corrected chi connectivity index (χ0v) is 13.8. The number of amides is 1. The van der Waals surface area contributed by atoms with Crippen LogP contribution in [0.15, 0.2) is 60.7 Å². The fourth-order valence-corrected chi connectivity index (χ4v) is 3.15. The van der Waals surface area contributed by atoms with Crippen LogP contribution in [0.5, 0.6) is 0 Å². The highest BCUT2D eigenvalue weighted by atomic mass is 19.1. The zero-order valence-electron chi connectivity index (χ0n) is 13.8. The van der Waals surface area contributed by atoms with Crippen LogP contribution in [0.4, 0.5) is 14.5 Å². The van der Waals surface area contributed by atoms with E-state index in [9.17, 15) is 23.2 Å². The number of hydrogen-bond donors (Lipinski definition) is 1. The van der Waals surface area contributed by atoms with Crippen molar-refractivity contribution in [2.75, 3.05) is 5.32 Å². The number of hydrogen-bond acceptors (Lipinski definition) is 3. The number of anilines is 1. The van der Waals surface area contributed by atoms with Gasteiger partial charge in [-0.1, -0.05) is 42.5 Å². The Kier molecular flexibility index (Phi) is 3.88. The van der Waals surface area contributed by atoms with E-state index in [1.165, 1.54) is 24.3 Å². The van der Waals surface area contributed by atoms with E-state index in [4.69, 9.17) is 0 Å². The Morgan fingerprint density at radius 3 is 1.93 bits per heavy atom. The van der Waals surface area contributed by atoms with Gasteiger partial charge < -0.3 is 5.32 Å². The van der Waals surface area contributed by atoms with Crippen molar-refractivity contribution >= 4 is 23.2 Å². The summed E-state index contributed by atoms with van der Waals surface area (Å²) in [6.45, 7) is 0. The number of benzene rings is 3. The third-order valence-electron chi connectivity index (χ3n) is 4.39. The molecule has 27 heavy (non-hydrogen) atoms. The number of carbonyl (C=O) groups excluding carboxylic acids is 3. The Bertz CT molecular complexity index is 1120. The molecule has 0 spiro atoms. The molecule has 4 rings (SSSR count). The lowest BCUT2D eigenvalue weighted by Crippen LogP contribution is -2.24. The van der Waals surface area contributed by atoms with Crippen LogP contribution in [0.2, 0.25) is 0 Å². The summed E-state index contributed by atoms with van der Waals surface area (Å²) in [4.78, 5) is 37.9. The van der Waals surface area contributed by atoms with E-state index < -0.39 is 28.9 Å². The lowest BCUT2D eigenvalue weighted by molar-refractivity contribution is 0.0978. The second kappa shape index (κ2) is 6.25. The molecule has 1 amide bonds. The summed E-state index contributed by atoms with van der Waals surface area (Å²) < 4.78 is 27.7. The smallest absolute Gasteiger partial charge is 0.261 e. The zero-order chi connectivity index (χ0) is 19.1. The van der Waals surface area contributed by atoms with Crippen LogP contribution in [0, 0.1) is 11.6 Å². The van der Waals surface area contributed by atoms with Gasteiger partial charge in [-0.3, -0.25) is 14.4 Å². The number of rotatable bonds is 2. The lowest BCUT2D eigenvalue weighted by atomic mass is 9.83. The molecule has 0 heterocycles. The van der Waals surface area contributed by atoms with E-state index in [-0.39, 0.29) is 33.7 Å². The van der Waals surface area contributed by atoms with E-state index in [0.717, 1.165) is 18.2 Å². The molecule has 0 fully saturated rings. The first kappa shape index (κ1) is 16.8. The van der Waals surface area contributed by atoms with Crippen LogP contribution in [0.25, 0.3) is 0 Å². The van der Waals surface area contributed by atoms with E-state index in [0.29, 0.717) is 0 Å². The van der Waals surface area contributed by atoms with Crippen molar-refractivity contribution in [3.8, 4) is 0 Å². The molecular formula is C21H11F2NO3. The second-order valence-corrected chi connectivity index (χ2v) is 5.98. The number of carbonyl (C=O) groups is 3. The van der Waals surface area contributed by atoms with Gasteiger partial charge in [-0.25, -0.2) is 8.78 Å². The third-order valence-corrected chi connectivity index (χ3v) is 4.39. The third kappa shape index (κ3) is 2.62. The Morgan fingerprint density at radius 2 is 1.26 bits per heavy atom. The molecule has 0 saturated carbocycles. The molecule has 132 valence electrons. The molecule has 0 bridgehead atoms. The number of nitrogens with one attached hydrogen (secondary N) is 1. The van der Waals surface area contributed by atoms with Crippen molar-refractivity contribution in [2.45, 2.75) is 0 Å². The maximum absolute atomic E-state index is 13.9. The summed E-state index contributed by atoms with van der Waals surface area (Å²) in [7, 11) is 0. The van der Waals surface area contributed by atoms with Gasteiger partial charge in [0.2, 0.25) is 0 Å². The van der Waals surface area contributed by atoms with Gasteiger partial charge in [-0.15, -0.1) is 0 Å². The molecule has 1 aliphatic rings.